The predicted octanol–water partition coefficient (Wildman–Crippen LogP) is 3.62. The van der Waals surface area contributed by atoms with E-state index >= 15 is 0 Å². The molecule has 0 saturated carbocycles. The number of rotatable bonds is 5. The maximum Gasteiger partial charge on any atom is 0.0316 e. The Bertz CT molecular complexity index is 284. The number of hydrogen-bond donors (Lipinski definition) is 2. The monoisotopic (exact) mass is 236 g/mol. The molecule has 17 heavy (non-hydrogen) atoms. The molecule has 0 heterocycles. The molecular formula is C15H28N2. The first kappa shape index (κ1) is 16.0. The van der Waals surface area contributed by atoms with Crippen molar-refractivity contribution in [3.63, 3.8) is 0 Å². The summed E-state index contributed by atoms with van der Waals surface area (Å²) in [6, 6.07) is 8.67. The summed E-state index contributed by atoms with van der Waals surface area (Å²) in [7, 11) is 0. The Morgan fingerprint density at radius 3 is 2.35 bits per heavy atom. The van der Waals surface area contributed by atoms with E-state index in [1.54, 1.807) is 0 Å². The molecule has 1 atom stereocenters. The molecule has 1 unspecified atom stereocenters. The quantitative estimate of drug-likeness (QED) is 0.766. The van der Waals surface area contributed by atoms with Gasteiger partial charge in [0.2, 0.25) is 0 Å². The van der Waals surface area contributed by atoms with Gasteiger partial charge in [0, 0.05) is 11.7 Å². The second kappa shape index (κ2) is 10.2. The lowest BCUT2D eigenvalue weighted by Crippen LogP contribution is -2.25. The van der Waals surface area contributed by atoms with Crippen LogP contribution in [0.4, 0.5) is 5.69 Å². The summed E-state index contributed by atoms with van der Waals surface area (Å²) in [5.74, 6) is 0. The molecule has 0 fully saturated rings. The molecule has 3 N–H and O–H groups in total. The maximum absolute atomic E-state index is 5.53. The van der Waals surface area contributed by atoms with Crippen LogP contribution in [0.5, 0.6) is 0 Å². The largest absolute Gasteiger partial charge is 0.399 e. The molecule has 98 valence electrons. The van der Waals surface area contributed by atoms with Crippen molar-refractivity contribution >= 4 is 5.69 Å². The molecule has 0 aliphatic heterocycles. The molecule has 1 aromatic carbocycles. The van der Waals surface area contributed by atoms with Crippen LogP contribution in [0.15, 0.2) is 24.3 Å². The lowest BCUT2D eigenvalue weighted by Gasteiger charge is -2.08. The Morgan fingerprint density at radius 2 is 1.94 bits per heavy atom. The zero-order chi connectivity index (χ0) is 13.1. The average molecular weight is 236 g/mol. The number of hydrogen-bond acceptors (Lipinski definition) is 2. The summed E-state index contributed by atoms with van der Waals surface area (Å²) in [6.45, 7) is 9.89. The van der Waals surface area contributed by atoms with Crippen LogP contribution in [-0.4, -0.2) is 12.6 Å². The third kappa shape index (κ3) is 8.75. The standard InChI is InChI=1S/C8H11N.C7H17N/c1-2-7-4-3-5-8(9)6-7;1-4-6-8-7(3)5-2/h3-6H,2,9H2,1H3;7-8H,4-6H2,1-3H3. The molecule has 1 aromatic rings. The lowest BCUT2D eigenvalue weighted by atomic mass is 10.1. The highest BCUT2D eigenvalue weighted by Crippen LogP contribution is 2.05. The van der Waals surface area contributed by atoms with E-state index in [4.69, 9.17) is 5.73 Å². The molecule has 1 rings (SSSR count). The molecule has 2 heteroatoms. The van der Waals surface area contributed by atoms with Crippen LogP contribution in [0.2, 0.25) is 0 Å². The first-order chi connectivity index (χ1) is 8.13. The summed E-state index contributed by atoms with van der Waals surface area (Å²) in [4.78, 5) is 0. The van der Waals surface area contributed by atoms with Gasteiger partial charge in [-0.2, -0.15) is 0 Å². The van der Waals surface area contributed by atoms with Gasteiger partial charge in [-0.3, -0.25) is 0 Å². The SMILES string of the molecule is CCCNC(C)CC.CCc1cccc(N)c1. The van der Waals surface area contributed by atoms with Gasteiger partial charge in [0.1, 0.15) is 0 Å². The van der Waals surface area contributed by atoms with Gasteiger partial charge in [-0.15, -0.1) is 0 Å². The Balaban J connectivity index is 0.000000304. The number of aryl methyl sites for hydroxylation is 1. The molecule has 0 radical (unpaired) electrons. The second-order valence-electron chi connectivity index (χ2n) is 4.36. The molecular weight excluding hydrogens is 208 g/mol. The van der Waals surface area contributed by atoms with Gasteiger partial charge in [0.15, 0.2) is 0 Å². The highest BCUT2D eigenvalue weighted by atomic mass is 14.9. The third-order valence-corrected chi connectivity index (χ3v) is 2.71. The molecule has 0 aromatic heterocycles. The minimum Gasteiger partial charge on any atom is -0.399 e. The number of nitrogen functional groups attached to an aromatic ring is 1. The fourth-order valence-electron chi connectivity index (χ4n) is 1.35. The van der Waals surface area contributed by atoms with E-state index in [1.807, 2.05) is 18.2 Å². The van der Waals surface area contributed by atoms with E-state index in [0.717, 1.165) is 18.7 Å². The Hall–Kier alpha value is -1.02. The van der Waals surface area contributed by atoms with E-state index < -0.39 is 0 Å². The van der Waals surface area contributed by atoms with Crippen molar-refractivity contribution in [1.82, 2.24) is 5.32 Å². The molecule has 2 nitrogen and oxygen atoms in total. The van der Waals surface area contributed by atoms with E-state index in [2.05, 4.69) is 39.1 Å². The minimum absolute atomic E-state index is 0.704. The van der Waals surface area contributed by atoms with Crippen LogP contribution in [0, 0.1) is 0 Å². The van der Waals surface area contributed by atoms with Crippen LogP contribution >= 0.6 is 0 Å². The number of benzene rings is 1. The van der Waals surface area contributed by atoms with Crippen molar-refractivity contribution in [3.8, 4) is 0 Å². The van der Waals surface area contributed by atoms with E-state index in [1.165, 1.54) is 18.4 Å². The smallest absolute Gasteiger partial charge is 0.0316 e. The summed E-state index contributed by atoms with van der Waals surface area (Å²) in [6.07, 6.45) is 3.54. The number of nitrogens with two attached hydrogens (primary N) is 1. The van der Waals surface area contributed by atoms with Crippen molar-refractivity contribution in [3.05, 3.63) is 29.8 Å². The number of anilines is 1. The number of nitrogens with one attached hydrogen (secondary N) is 1. The predicted molar refractivity (Wildman–Crippen MR) is 78.3 cm³/mol. The van der Waals surface area contributed by atoms with Crippen LogP contribution in [-0.2, 0) is 6.42 Å². The van der Waals surface area contributed by atoms with Gasteiger partial charge in [-0.05, 0) is 50.4 Å². The Labute approximate surface area is 107 Å². The van der Waals surface area contributed by atoms with Gasteiger partial charge in [0.25, 0.3) is 0 Å². The van der Waals surface area contributed by atoms with Gasteiger partial charge in [-0.25, -0.2) is 0 Å². The molecule has 0 saturated heterocycles. The van der Waals surface area contributed by atoms with Crippen molar-refractivity contribution in [2.24, 2.45) is 0 Å². The van der Waals surface area contributed by atoms with Crippen LogP contribution < -0.4 is 11.1 Å². The Kier molecular flexibility index (Phi) is 9.55. The fraction of sp³-hybridized carbons (Fsp3) is 0.600. The van der Waals surface area contributed by atoms with Gasteiger partial charge in [-0.1, -0.05) is 32.9 Å². The van der Waals surface area contributed by atoms with E-state index in [-0.39, 0.29) is 0 Å². The van der Waals surface area contributed by atoms with Crippen LogP contribution in [0.1, 0.15) is 46.1 Å². The minimum atomic E-state index is 0.704. The lowest BCUT2D eigenvalue weighted by molar-refractivity contribution is 0.533. The summed E-state index contributed by atoms with van der Waals surface area (Å²) in [5.41, 5.74) is 7.69. The summed E-state index contributed by atoms with van der Waals surface area (Å²) >= 11 is 0. The Morgan fingerprint density at radius 1 is 1.24 bits per heavy atom. The van der Waals surface area contributed by atoms with Crippen molar-refractivity contribution < 1.29 is 0 Å². The maximum atomic E-state index is 5.53. The highest BCUT2D eigenvalue weighted by Gasteiger charge is 1.92. The average Bonchev–Trinajstić information content (AvgIpc) is 2.36. The highest BCUT2D eigenvalue weighted by molar-refractivity contribution is 5.40. The van der Waals surface area contributed by atoms with Crippen molar-refractivity contribution in [1.29, 1.82) is 0 Å². The molecule has 0 aliphatic rings. The molecule has 0 aliphatic carbocycles. The first-order valence-electron chi connectivity index (χ1n) is 6.71. The molecule has 0 spiro atoms. The normalized spacial score (nSPS) is 11.5. The van der Waals surface area contributed by atoms with Gasteiger partial charge >= 0.3 is 0 Å². The van der Waals surface area contributed by atoms with Crippen LogP contribution in [0.3, 0.4) is 0 Å². The van der Waals surface area contributed by atoms with Crippen molar-refractivity contribution in [2.75, 3.05) is 12.3 Å². The topological polar surface area (TPSA) is 38.0 Å². The van der Waals surface area contributed by atoms with Gasteiger partial charge < -0.3 is 11.1 Å². The zero-order valence-corrected chi connectivity index (χ0v) is 11.8. The first-order valence-corrected chi connectivity index (χ1v) is 6.71. The fourth-order valence-corrected chi connectivity index (χ4v) is 1.35. The second-order valence-corrected chi connectivity index (χ2v) is 4.36. The van der Waals surface area contributed by atoms with Gasteiger partial charge in [0.05, 0.1) is 0 Å². The van der Waals surface area contributed by atoms with E-state index in [9.17, 15) is 0 Å². The third-order valence-electron chi connectivity index (χ3n) is 2.71. The van der Waals surface area contributed by atoms with Crippen LogP contribution in [0.25, 0.3) is 0 Å². The molecule has 0 amide bonds. The van der Waals surface area contributed by atoms with Crippen molar-refractivity contribution in [2.45, 2.75) is 53.0 Å². The summed E-state index contributed by atoms with van der Waals surface area (Å²) < 4.78 is 0. The zero-order valence-electron chi connectivity index (χ0n) is 11.8. The summed E-state index contributed by atoms with van der Waals surface area (Å²) in [5, 5.41) is 3.38. The molecule has 0 bridgehead atoms. The van der Waals surface area contributed by atoms with E-state index in [0.29, 0.717) is 6.04 Å².